The fraction of sp³-hybridized carbons (Fsp3) is 0.391. The van der Waals surface area contributed by atoms with Crippen LogP contribution in [0.1, 0.15) is 37.8 Å². The van der Waals surface area contributed by atoms with Gasteiger partial charge in [0, 0.05) is 23.9 Å². The summed E-state index contributed by atoms with van der Waals surface area (Å²) in [6, 6.07) is 16.9. The molecule has 0 fully saturated rings. The lowest BCUT2D eigenvalue weighted by molar-refractivity contribution is -0.138. The summed E-state index contributed by atoms with van der Waals surface area (Å²) < 4.78 is 0. The van der Waals surface area contributed by atoms with Crippen molar-refractivity contribution in [3.05, 3.63) is 70.7 Å². The first-order chi connectivity index (χ1) is 14.0. The summed E-state index contributed by atoms with van der Waals surface area (Å²) in [5, 5.41) is 3.55. The highest BCUT2D eigenvalue weighted by Crippen LogP contribution is 2.17. The fourth-order valence-electron chi connectivity index (χ4n) is 2.86. The molecule has 2 amide bonds. The quantitative estimate of drug-likeness (QED) is 0.513. The minimum Gasteiger partial charge on any atom is -0.354 e. The molecular formula is C23H29ClN2O2S. The Labute approximate surface area is 183 Å². The molecule has 2 rings (SSSR count). The van der Waals surface area contributed by atoms with Gasteiger partial charge in [0.25, 0.3) is 0 Å². The van der Waals surface area contributed by atoms with Gasteiger partial charge < -0.3 is 10.2 Å². The number of hydrogen-bond donors (Lipinski definition) is 1. The SMILES string of the molecule is CCCCNC(=O)[C@H](C)N(Cc1cccc(Cl)c1)C(=O)CSCc1ccccc1. The standard InChI is InChI=1S/C23H29ClN2O2S/c1-3-4-13-25-23(28)18(2)26(15-20-11-8-12-21(24)14-20)22(27)17-29-16-19-9-6-5-7-10-19/h5-12,14,18H,3-4,13,15-17H2,1-2H3,(H,25,28)/t18-/m0/s1. The monoisotopic (exact) mass is 432 g/mol. The first-order valence-electron chi connectivity index (χ1n) is 9.94. The number of thioether (sulfide) groups is 1. The van der Waals surface area contributed by atoms with Crippen LogP contribution in [-0.4, -0.2) is 35.1 Å². The Kier molecular flexibility index (Phi) is 10.1. The van der Waals surface area contributed by atoms with Gasteiger partial charge in [-0.05, 0) is 36.6 Å². The van der Waals surface area contributed by atoms with Crippen LogP contribution in [0.2, 0.25) is 5.02 Å². The molecule has 0 spiro atoms. The summed E-state index contributed by atoms with van der Waals surface area (Å²) in [5.41, 5.74) is 2.09. The largest absolute Gasteiger partial charge is 0.354 e. The number of carbonyl (C=O) groups excluding carboxylic acids is 2. The summed E-state index contributed by atoms with van der Waals surface area (Å²) >= 11 is 7.66. The van der Waals surface area contributed by atoms with Crippen molar-refractivity contribution in [1.82, 2.24) is 10.2 Å². The number of unbranched alkanes of at least 4 members (excludes halogenated alkanes) is 1. The molecule has 2 aromatic carbocycles. The van der Waals surface area contributed by atoms with Crippen LogP contribution in [0, 0.1) is 0 Å². The van der Waals surface area contributed by atoms with Gasteiger partial charge in [-0.1, -0.05) is 67.4 Å². The van der Waals surface area contributed by atoms with E-state index in [-0.39, 0.29) is 11.8 Å². The van der Waals surface area contributed by atoms with E-state index in [9.17, 15) is 9.59 Å². The third-order valence-electron chi connectivity index (χ3n) is 4.58. The summed E-state index contributed by atoms with van der Waals surface area (Å²) in [7, 11) is 0. The molecule has 0 aliphatic rings. The molecule has 0 saturated carbocycles. The van der Waals surface area contributed by atoms with Crippen molar-refractivity contribution in [3.63, 3.8) is 0 Å². The Hall–Kier alpha value is -1.98. The third-order valence-corrected chi connectivity index (χ3v) is 5.80. The molecule has 0 unspecified atom stereocenters. The van der Waals surface area contributed by atoms with E-state index in [1.165, 1.54) is 5.56 Å². The van der Waals surface area contributed by atoms with Crippen molar-refractivity contribution in [2.75, 3.05) is 12.3 Å². The molecular weight excluding hydrogens is 404 g/mol. The molecule has 2 aromatic rings. The van der Waals surface area contributed by atoms with Crippen LogP contribution in [-0.2, 0) is 21.9 Å². The normalized spacial score (nSPS) is 11.7. The lowest BCUT2D eigenvalue weighted by atomic mass is 10.1. The maximum Gasteiger partial charge on any atom is 0.242 e. The average Bonchev–Trinajstić information content (AvgIpc) is 2.72. The van der Waals surface area contributed by atoms with Crippen molar-refractivity contribution in [2.45, 2.75) is 45.0 Å². The Bertz CT molecular complexity index is 785. The third kappa shape index (κ3) is 8.11. The van der Waals surface area contributed by atoms with Crippen molar-refractivity contribution in [3.8, 4) is 0 Å². The molecule has 0 radical (unpaired) electrons. The van der Waals surface area contributed by atoms with Crippen molar-refractivity contribution in [1.29, 1.82) is 0 Å². The molecule has 0 aromatic heterocycles. The van der Waals surface area contributed by atoms with Crippen molar-refractivity contribution >= 4 is 35.2 Å². The molecule has 0 heterocycles. The first-order valence-corrected chi connectivity index (χ1v) is 11.5. The van der Waals surface area contributed by atoms with Gasteiger partial charge in [0.15, 0.2) is 0 Å². The summed E-state index contributed by atoms with van der Waals surface area (Å²) in [6.07, 6.45) is 1.93. The van der Waals surface area contributed by atoms with Crippen molar-refractivity contribution in [2.24, 2.45) is 0 Å². The van der Waals surface area contributed by atoms with Gasteiger partial charge in [0.05, 0.1) is 5.75 Å². The summed E-state index contributed by atoms with van der Waals surface area (Å²) in [5.74, 6) is 0.905. The predicted octanol–water partition coefficient (Wildman–Crippen LogP) is 4.91. The molecule has 0 aliphatic carbocycles. The highest BCUT2D eigenvalue weighted by atomic mass is 35.5. The van der Waals surface area contributed by atoms with Gasteiger partial charge >= 0.3 is 0 Å². The van der Waals surface area contributed by atoms with Crippen LogP contribution in [0.5, 0.6) is 0 Å². The van der Waals surface area contributed by atoms with Gasteiger partial charge in [-0.15, -0.1) is 11.8 Å². The molecule has 4 nitrogen and oxygen atoms in total. The summed E-state index contributed by atoms with van der Waals surface area (Å²) in [6.45, 7) is 4.84. The van der Waals surface area contributed by atoms with E-state index in [0.29, 0.717) is 23.9 Å². The second-order valence-corrected chi connectivity index (χ2v) is 8.37. The van der Waals surface area contributed by atoms with E-state index < -0.39 is 6.04 Å². The molecule has 0 aliphatic heterocycles. The fourth-order valence-corrected chi connectivity index (χ4v) is 3.95. The van der Waals surface area contributed by atoms with Gasteiger partial charge in [-0.2, -0.15) is 0 Å². The van der Waals surface area contributed by atoms with Crippen LogP contribution in [0.4, 0.5) is 0 Å². The number of rotatable bonds is 11. The topological polar surface area (TPSA) is 49.4 Å². The minimum absolute atomic E-state index is 0.0518. The summed E-state index contributed by atoms with van der Waals surface area (Å²) in [4.78, 5) is 27.2. The van der Waals surface area contributed by atoms with Crippen LogP contribution in [0.15, 0.2) is 54.6 Å². The lowest BCUT2D eigenvalue weighted by Gasteiger charge is -2.29. The van der Waals surface area contributed by atoms with Crippen molar-refractivity contribution < 1.29 is 9.59 Å². The molecule has 1 atom stereocenters. The van der Waals surface area contributed by atoms with Gasteiger partial charge in [0.1, 0.15) is 6.04 Å². The molecule has 156 valence electrons. The van der Waals surface area contributed by atoms with E-state index in [0.717, 1.165) is 24.2 Å². The van der Waals surface area contributed by atoms with E-state index in [4.69, 9.17) is 11.6 Å². The number of nitrogens with zero attached hydrogens (tertiary/aromatic N) is 1. The Morgan fingerprint density at radius 3 is 2.52 bits per heavy atom. The minimum atomic E-state index is -0.546. The van der Waals surface area contributed by atoms with Crippen LogP contribution < -0.4 is 5.32 Å². The van der Waals surface area contributed by atoms with E-state index in [2.05, 4.69) is 12.2 Å². The van der Waals surface area contributed by atoms with Gasteiger partial charge in [-0.25, -0.2) is 0 Å². The number of carbonyl (C=O) groups is 2. The highest BCUT2D eigenvalue weighted by Gasteiger charge is 2.25. The molecule has 0 saturated heterocycles. The van der Waals surface area contributed by atoms with E-state index >= 15 is 0 Å². The molecule has 29 heavy (non-hydrogen) atoms. The Morgan fingerprint density at radius 2 is 1.83 bits per heavy atom. The van der Waals surface area contributed by atoms with Gasteiger partial charge in [-0.3, -0.25) is 9.59 Å². The smallest absolute Gasteiger partial charge is 0.242 e. The van der Waals surface area contributed by atoms with E-state index in [1.54, 1.807) is 29.7 Å². The van der Waals surface area contributed by atoms with Crippen LogP contribution in [0.25, 0.3) is 0 Å². The lowest BCUT2D eigenvalue weighted by Crippen LogP contribution is -2.48. The van der Waals surface area contributed by atoms with Crippen LogP contribution in [0.3, 0.4) is 0 Å². The first kappa shape index (κ1) is 23.3. The highest BCUT2D eigenvalue weighted by molar-refractivity contribution is 7.99. The maximum absolute atomic E-state index is 13.0. The number of benzene rings is 2. The molecule has 6 heteroatoms. The van der Waals surface area contributed by atoms with Gasteiger partial charge in [0.2, 0.25) is 11.8 Å². The average molecular weight is 433 g/mol. The number of halogens is 1. The Balaban J connectivity index is 2.03. The number of nitrogens with one attached hydrogen (secondary N) is 1. The maximum atomic E-state index is 13.0. The second kappa shape index (κ2) is 12.6. The zero-order chi connectivity index (χ0) is 21.1. The zero-order valence-corrected chi connectivity index (χ0v) is 18.6. The molecule has 1 N–H and O–H groups in total. The number of hydrogen-bond acceptors (Lipinski definition) is 3. The van der Waals surface area contributed by atoms with Crippen LogP contribution >= 0.6 is 23.4 Å². The molecule has 0 bridgehead atoms. The predicted molar refractivity (Wildman–Crippen MR) is 122 cm³/mol. The Morgan fingerprint density at radius 1 is 1.10 bits per heavy atom. The number of amides is 2. The zero-order valence-electron chi connectivity index (χ0n) is 17.1. The second-order valence-electron chi connectivity index (χ2n) is 6.95. The van der Waals surface area contributed by atoms with E-state index in [1.807, 2.05) is 48.5 Å².